The number of aromatic nitrogens is 1. The number of fused-ring (bicyclic) bond motifs is 1. The number of aromatic amines is 1. The van der Waals surface area contributed by atoms with Crippen molar-refractivity contribution in [3.05, 3.63) is 64.4 Å². The molecule has 0 amide bonds. The molecule has 3 rings (SSSR count). The van der Waals surface area contributed by atoms with Gasteiger partial charge < -0.3 is 10.7 Å². The second-order valence-corrected chi connectivity index (χ2v) is 4.87. The Balaban J connectivity index is 2.29. The first-order valence-electron chi connectivity index (χ1n) is 6.46. The van der Waals surface area contributed by atoms with E-state index in [-0.39, 0.29) is 16.8 Å². The van der Waals surface area contributed by atoms with Crippen molar-refractivity contribution in [3.8, 4) is 11.1 Å². The van der Waals surface area contributed by atoms with Crippen molar-refractivity contribution in [3.63, 3.8) is 0 Å². The number of hydrogen-bond donors (Lipinski definition) is 2. The molecule has 3 N–H and O–H groups in total. The number of H-pyrrole nitrogens is 1. The standard InChI is InChI=1S/C16H11F3N2O/c17-16(18,19)10-6-7-11-12(8-10)21-15(22)13(14(11)20)9-4-2-1-3-5-9/h1-8H,(H3,20,21,22). The second-order valence-electron chi connectivity index (χ2n) is 4.87. The SMILES string of the molecule is Nc1c(-c2ccccc2)c(=O)[nH]c2cc(C(F)(F)F)ccc12. The molecule has 0 unspecified atom stereocenters. The maximum absolute atomic E-state index is 12.7. The smallest absolute Gasteiger partial charge is 0.398 e. The van der Waals surface area contributed by atoms with Crippen LogP contribution in [0.3, 0.4) is 0 Å². The number of halogens is 3. The fourth-order valence-electron chi connectivity index (χ4n) is 2.39. The van der Waals surface area contributed by atoms with Crippen LogP contribution >= 0.6 is 0 Å². The Morgan fingerprint density at radius 3 is 2.32 bits per heavy atom. The van der Waals surface area contributed by atoms with Gasteiger partial charge in [-0.2, -0.15) is 13.2 Å². The van der Waals surface area contributed by atoms with Crippen molar-refractivity contribution < 1.29 is 13.2 Å². The number of alkyl halides is 3. The third-order valence-corrected chi connectivity index (χ3v) is 3.44. The number of benzene rings is 2. The summed E-state index contributed by atoms with van der Waals surface area (Å²) in [5.41, 5.74) is 5.76. The summed E-state index contributed by atoms with van der Waals surface area (Å²) in [5, 5.41) is 0.381. The summed E-state index contributed by atoms with van der Waals surface area (Å²) in [6.07, 6.45) is -4.47. The van der Waals surface area contributed by atoms with Gasteiger partial charge in [-0.3, -0.25) is 4.79 Å². The summed E-state index contributed by atoms with van der Waals surface area (Å²) in [6, 6.07) is 11.9. The van der Waals surface area contributed by atoms with Gasteiger partial charge in [-0.15, -0.1) is 0 Å². The zero-order valence-corrected chi connectivity index (χ0v) is 11.2. The van der Waals surface area contributed by atoms with E-state index >= 15 is 0 Å². The average molecular weight is 304 g/mol. The highest BCUT2D eigenvalue weighted by atomic mass is 19.4. The van der Waals surface area contributed by atoms with Gasteiger partial charge in [-0.1, -0.05) is 36.4 Å². The normalized spacial score (nSPS) is 11.8. The van der Waals surface area contributed by atoms with E-state index in [0.717, 1.165) is 12.1 Å². The number of rotatable bonds is 1. The Labute approximate surface area is 123 Å². The van der Waals surface area contributed by atoms with Crippen molar-refractivity contribution in [1.29, 1.82) is 0 Å². The lowest BCUT2D eigenvalue weighted by atomic mass is 10.0. The van der Waals surface area contributed by atoms with Crippen molar-refractivity contribution >= 4 is 16.6 Å². The van der Waals surface area contributed by atoms with E-state index in [9.17, 15) is 18.0 Å². The highest BCUT2D eigenvalue weighted by Gasteiger charge is 2.30. The average Bonchev–Trinajstić information content (AvgIpc) is 2.47. The number of hydrogen-bond acceptors (Lipinski definition) is 2. The molecule has 0 bridgehead atoms. The van der Waals surface area contributed by atoms with Crippen molar-refractivity contribution in [2.75, 3.05) is 5.73 Å². The van der Waals surface area contributed by atoms with Gasteiger partial charge in [0, 0.05) is 5.39 Å². The minimum Gasteiger partial charge on any atom is -0.398 e. The fraction of sp³-hybridized carbons (Fsp3) is 0.0625. The van der Waals surface area contributed by atoms with E-state index in [1.807, 2.05) is 0 Å². The molecule has 3 nitrogen and oxygen atoms in total. The third-order valence-electron chi connectivity index (χ3n) is 3.44. The largest absolute Gasteiger partial charge is 0.416 e. The van der Waals surface area contributed by atoms with E-state index in [1.54, 1.807) is 30.3 Å². The summed E-state index contributed by atoms with van der Waals surface area (Å²) in [6.45, 7) is 0. The number of pyridine rings is 1. The van der Waals surface area contributed by atoms with Gasteiger partial charge in [0.25, 0.3) is 5.56 Å². The molecule has 0 aliphatic carbocycles. The van der Waals surface area contributed by atoms with Gasteiger partial charge in [0.05, 0.1) is 22.3 Å². The van der Waals surface area contributed by atoms with E-state index in [1.165, 1.54) is 6.07 Å². The summed E-state index contributed by atoms with van der Waals surface area (Å²) in [7, 11) is 0. The molecule has 1 heterocycles. The van der Waals surface area contributed by atoms with Crippen molar-refractivity contribution in [2.24, 2.45) is 0 Å². The monoisotopic (exact) mass is 304 g/mol. The van der Waals surface area contributed by atoms with E-state index in [4.69, 9.17) is 5.73 Å². The van der Waals surface area contributed by atoms with Crippen LogP contribution in [0.15, 0.2) is 53.3 Å². The van der Waals surface area contributed by atoms with E-state index in [0.29, 0.717) is 10.9 Å². The Kier molecular flexibility index (Phi) is 3.16. The van der Waals surface area contributed by atoms with Crippen LogP contribution in [0.25, 0.3) is 22.0 Å². The number of anilines is 1. The number of nitrogens with two attached hydrogens (primary N) is 1. The molecule has 0 saturated heterocycles. The van der Waals surface area contributed by atoms with Crippen LogP contribution in [0.5, 0.6) is 0 Å². The fourth-order valence-corrected chi connectivity index (χ4v) is 2.39. The molecule has 3 aromatic rings. The van der Waals surface area contributed by atoms with Crippen LogP contribution in [0.4, 0.5) is 18.9 Å². The molecular weight excluding hydrogens is 293 g/mol. The molecule has 112 valence electrons. The molecule has 0 fully saturated rings. The Morgan fingerprint density at radius 2 is 1.68 bits per heavy atom. The first-order chi connectivity index (χ1) is 10.4. The highest BCUT2D eigenvalue weighted by Crippen LogP contribution is 2.33. The third kappa shape index (κ3) is 2.32. The second kappa shape index (κ2) is 4.91. The van der Waals surface area contributed by atoms with Crippen molar-refractivity contribution in [2.45, 2.75) is 6.18 Å². The molecular formula is C16H11F3N2O. The van der Waals surface area contributed by atoms with Gasteiger partial charge in [0.1, 0.15) is 0 Å². The highest BCUT2D eigenvalue weighted by molar-refractivity contribution is 5.98. The topological polar surface area (TPSA) is 58.9 Å². The lowest BCUT2D eigenvalue weighted by molar-refractivity contribution is -0.137. The van der Waals surface area contributed by atoms with Gasteiger partial charge in [0.15, 0.2) is 0 Å². The summed E-state index contributed by atoms with van der Waals surface area (Å²) >= 11 is 0. The lowest BCUT2D eigenvalue weighted by Gasteiger charge is -2.11. The molecule has 0 spiro atoms. The first-order valence-corrected chi connectivity index (χ1v) is 6.46. The minimum absolute atomic E-state index is 0.0667. The van der Waals surface area contributed by atoms with Gasteiger partial charge in [-0.05, 0) is 17.7 Å². The predicted molar refractivity (Wildman–Crippen MR) is 79.4 cm³/mol. The number of nitrogens with one attached hydrogen (secondary N) is 1. The van der Waals surface area contributed by atoms with E-state index < -0.39 is 17.3 Å². The quantitative estimate of drug-likeness (QED) is 0.718. The van der Waals surface area contributed by atoms with Crippen LogP contribution in [0.2, 0.25) is 0 Å². The molecule has 0 saturated carbocycles. The molecule has 0 aliphatic heterocycles. The zero-order chi connectivity index (χ0) is 15.9. The molecule has 22 heavy (non-hydrogen) atoms. The summed E-state index contributed by atoms with van der Waals surface area (Å²) in [5.74, 6) is 0. The van der Waals surface area contributed by atoms with Crippen LogP contribution in [-0.2, 0) is 6.18 Å². The number of nitrogen functional groups attached to an aromatic ring is 1. The maximum atomic E-state index is 12.7. The maximum Gasteiger partial charge on any atom is 0.416 e. The Bertz CT molecular complexity index is 899. The Morgan fingerprint density at radius 1 is 1.00 bits per heavy atom. The van der Waals surface area contributed by atoms with Crippen LogP contribution < -0.4 is 11.3 Å². The van der Waals surface area contributed by atoms with Crippen molar-refractivity contribution in [1.82, 2.24) is 4.98 Å². The van der Waals surface area contributed by atoms with Gasteiger partial charge in [0.2, 0.25) is 0 Å². The predicted octanol–water partition coefficient (Wildman–Crippen LogP) is 3.80. The summed E-state index contributed by atoms with van der Waals surface area (Å²) < 4.78 is 38.2. The van der Waals surface area contributed by atoms with E-state index in [2.05, 4.69) is 4.98 Å². The van der Waals surface area contributed by atoms with Crippen LogP contribution in [-0.4, -0.2) is 4.98 Å². The van der Waals surface area contributed by atoms with Gasteiger partial charge >= 0.3 is 6.18 Å². The molecule has 0 radical (unpaired) electrons. The van der Waals surface area contributed by atoms with Crippen LogP contribution in [0.1, 0.15) is 5.56 Å². The summed E-state index contributed by atoms with van der Waals surface area (Å²) in [4.78, 5) is 14.7. The minimum atomic E-state index is -4.47. The van der Waals surface area contributed by atoms with Crippen LogP contribution in [0, 0.1) is 0 Å². The molecule has 0 aliphatic rings. The Hall–Kier alpha value is -2.76. The molecule has 0 atom stereocenters. The molecule has 2 aromatic carbocycles. The zero-order valence-electron chi connectivity index (χ0n) is 11.2. The molecule has 1 aromatic heterocycles. The lowest BCUT2D eigenvalue weighted by Crippen LogP contribution is -2.13. The van der Waals surface area contributed by atoms with Gasteiger partial charge in [-0.25, -0.2) is 0 Å². The molecule has 6 heteroatoms. The first kappa shape index (κ1) is 14.2.